The minimum Gasteiger partial charge on any atom is -0.395 e. The van der Waals surface area contributed by atoms with Crippen molar-refractivity contribution in [1.29, 1.82) is 0 Å². The SMILES string of the molecule is CCC(CO)N1CCN(C(=O)c2cccc(S(=O)(=O)NCC3CCCO3)c2)CC1. The first-order chi connectivity index (χ1) is 13.9. The van der Waals surface area contributed by atoms with E-state index >= 15 is 0 Å². The first-order valence-corrected chi connectivity index (χ1v) is 11.8. The molecule has 8 nitrogen and oxygen atoms in total. The Hall–Kier alpha value is -1.52. The summed E-state index contributed by atoms with van der Waals surface area (Å²) in [7, 11) is -3.70. The fraction of sp³-hybridized carbons (Fsp3) is 0.650. The molecule has 2 atom stereocenters. The van der Waals surface area contributed by atoms with Gasteiger partial charge in [-0.3, -0.25) is 9.69 Å². The van der Waals surface area contributed by atoms with E-state index in [0.29, 0.717) is 38.3 Å². The molecule has 9 heteroatoms. The maximum absolute atomic E-state index is 12.9. The normalized spacial score (nSPS) is 22.0. The monoisotopic (exact) mass is 425 g/mol. The Morgan fingerprint density at radius 3 is 2.69 bits per heavy atom. The smallest absolute Gasteiger partial charge is 0.253 e. The number of aliphatic hydroxyl groups is 1. The summed E-state index contributed by atoms with van der Waals surface area (Å²) in [5.74, 6) is -0.169. The topological polar surface area (TPSA) is 99.2 Å². The molecule has 3 rings (SSSR count). The molecule has 29 heavy (non-hydrogen) atoms. The molecule has 0 saturated carbocycles. The van der Waals surface area contributed by atoms with Gasteiger partial charge in [0.25, 0.3) is 5.91 Å². The van der Waals surface area contributed by atoms with Crippen LogP contribution in [0.5, 0.6) is 0 Å². The first kappa shape index (κ1) is 22.2. The van der Waals surface area contributed by atoms with E-state index < -0.39 is 10.0 Å². The third kappa shape index (κ3) is 5.55. The molecule has 2 aliphatic rings. The van der Waals surface area contributed by atoms with Crippen molar-refractivity contribution >= 4 is 15.9 Å². The van der Waals surface area contributed by atoms with Crippen LogP contribution < -0.4 is 4.72 Å². The van der Waals surface area contributed by atoms with Gasteiger partial charge >= 0.3 is 0 Å². The molecule has 2 fully saturated rings. The molecule has 2 aliphatic heterocycles. The van der Waals surface area contributed by atoms with Gasteiger partial charge in [0.15, 0.2) is 0 Å². The molecule has 162 valence electrons. The average molecular weight is 426 g/mol. The van der Waals surface area contributed by atoms with Gasteiger partial charge in [-0.05, 0) is 37.5 Å². The number of rotatable bonds is 8. The lowest BCUT2D eigenvalue weighted by molar-refractivity contribution is 0.0472. The van der Waals surface area contributed by atoms with Crippen molar-refractivity contribution in [3.8, 4) is 0 Å². The molecule has 2 N–H and O–H groups in total. The third-order valence-electron chi connectivity index (χ3n) is 5.72. The van der Waals surface area contributed by atoms with Crippen LogP contribution in [0, 0.1) is 0 Å². The zero-order valence-electron chi connectivity index (χ0n) is 16.9. The summed E-state index contributed by atoms with van der Waals surface area (Å²) in [5.41, 5.74) is 0.368. The van der Waals surface area contributed by atoms with Gasteiger partial charge in [0.1, 0.15) is 0 Å². The highest BCUT2D eigenvalue weighted by molar-refractivity contribution is 7.89. The van der Waals surface area contributed by atoms with E-state index in [2.05, 4.69) is 9.62 Å². The lowest BCUT2D eigenvalue weighted by Gasteiger charge is -2.38. The number of aliphatic hydroxyl groups excluding tert-OH is 1. The third-order valence-corrected chi connectivity index (χ3v) is 7.14. The van der Waals surface area contributed by atoms with E-state index in [9.17, 15) is 18.3 Å². The molecule has 0 aromatic heterocycles. The second-order valence-electron chi connectivity index (χ2n) is 7.59. The Morgan fingerprint density at radius 2 is 2.07 bits per heavy atom. The molecule has 0 radical (unpaired) electrons. The number of piperazine rings is 1. The van der Waals surface area contributed by atoms with Crippen molar-refractivity contribution in [2.75, 3.05) is 45.9 Å². The highest BCUT2D eigenvalue weighted by Gasteiger charge is 2.26. The molecule has 0 bridgehead atoms. The van der Waals surface area contributed by atoms with Gasteiger partial charge in [-0.1, -0.05) is 13.0 Å². The van der Waals surface area contributed by atoms with Crippen LogP contribution in [-0.2, 0) is 14.8 Å². The lowest BCUT2D eigenvalue weighted by atomic mass is 10.1. The number of ether oxygens (including phenoxy) is 1. The Kier molecular flexibility index (Phi) is 7.64. The van der Waals surface area contributed by atoms with Crippen molar-refractivity contribution in [2.45, 2.75) is 43.2 Å². The van der Waals surface area contributed by atoms with E-state index in [0.717, 1.165) is 19.3 Å². The van der Waals surface area contributed by atoms with Crippen LogP contribution in [0.1, 0.15) is 36.5 Å². The van der Waals surface area contributed by atoms with Crippen LogP contribution in [0.4, 0.5) is 0 Å². The van der Waals surface area contributed by atoms with Gasteiger partial charge in [0.05, 0.1) is 17.6 Å². The number of carbonyl (C=O) groups excluding carboxylic acids is 1. The van der Waals surface area contributed by atoms with Crippen molar-refractivity contribution in [3.63, 3.8) is 0 Å². The van der Waals surface area contributed by atoms with Crippen LogP contribution in [-0.4, -0.2) is 87.3 Å². The summed E-state index contributed by atoms with van der Waals surface area (Å²) in [6, 6.07) is 6.31. The highest BCUT2D eigenvalue weighted by atomic mass is 32.2. The quantitative estimate of drug-likeness (QED) is 0.635. The number of sulfonamides is 1. The predicted molar refractivity (Wildman–Crippen MR) is 109 cm³/mol. The number of carbonyl (C=O) groups is 1. The van der Waals surface area contributed by atoms with Crippen molar-refractivity contribution < 1.29 is 23.1 Å². The second-order valence-corrected chi connectivity index (χ2v) is 9.35. The minimum atomic E-state index is -3.70. The van der Waals surface area contributed by atoms with Crippen molar-refractivity contribution in [2.24, 2.45) is 0 Å². The molecule has 1 amide bonds. The number of amides is 1. The molecule has 0 aliphatic carbocycles. The molecule has 1 aromatic rings. The summed E-state index contributed by atoms with van der Waals surface area (Å²) in [4.78, 5) is 16.9. The Balaban J connectivity index is 1.62. The summed E-state index contributed by atoms with van der Waals surface area (Å²) in [6.07, 6.45) is 2.57. The predicted octanol–water partition coefficient (Wildman–Crippen LogP) is 0.673. The molecule has 0 spiro atoms. The van der Waals surface area contributed by atoms with Crippen molar-refractivity contribution in [1.82, 2.24) is 14.5 Å². The molecule has 1 aromatic carbocycles. The van der Waals surface area contributed by atoms with E-state index in [1.165, 1.54) is 12.1 Å². The van der Waals surface area contributed by atoms with Crippen LogP contribution in [0.15, 0.2) is 29.2 Å². The molecule has 2 saturated heterocycles. The Bertz CT molecular complexity index is 783. The van der Waals surface area contributed by atoms with Crippen LogP contribution in [0.2, 0.25) is 0 Å². The lowest BCUT2D eigenvalue weighted by Crippen LogP contribution is -2.52. The van der Waals surface area contributed by atoms with Gasteiger partial charge in [-0.15, -0.1) is 0 Å². The number of benzene rings is 1. The molecular weight excluding hydrogens is 394 g/mol. The number of hydrogen-bond acceptors (Lipinski definition) is 6. The van der Waals surface area contributed by atoms with Gasteiger partial charge in [-0.25, -0.2) is 13.1 Å². The zero-order chi connectivity index (χ0) is 20.9. The first-order valence-electron chi connectivity index (χ1n) is 10.3. The summed E-state index contributed by atoms with van der Waals surface area (Å²) < 4.78 is 33.3. The Labute approximate surface area is 172 Å². The van der Waals surface area contributed by atoms with Gasteiger partial charge in [0, 0.05) is 50.9 Å². The largest absolute Gasteiger partial charge is 0.395 e. The number of hydrogen-bond donors (Lipinski definition) is 2. The maximum atomic E-state index is 12.9. The fourth-order valence-electron chi connectivity index (χ4n) is 3.86. The van der Waals surface area contributed by atoms with Crippen LogP contribution in [0.25, 0.3) is 0 Å². The standard InChI is InChI=1S/C20H31N3O5S/c1-2-17(15-24)22-8-10-23(11-9-22)20(25)16-5-3-7-19(13-16)29(26,27)21-14-18-6-4-12-28-18/h3,5,7,13,17-18,21,24H,2,4,6,8-12,14-15H2,1H3. The molecule has 2 unspecified atom stereocenters. The average Bonchev–Trinajstić information content (AvgIpc) is 3.27. The van der Waals surface area contributed by atoms with E-state index in [1.54, 1.807) is 17.0 Å². The molecule has 2 heterocycles. The summed E-state index contributed by atoms with van der Waals surface area (Å²) in [6.45, 7) is 5.58. The summed E-state index contributed by atoms with van der Waals surface area (Å²) in [5, 5.41) is 9.46. The van der Waals surface area contributed by atoms with Crippen LogP contribution >= 0.6 is 0 Å². The van der Waals surface area contributed by atoms with Gasteiger partial charge in [0.2, 0.25) is 10.0 Å². The van der Waals surface area contributed by atoms with Crippen molar-refractivity contribution in [3.05, 3.63) is 29.8 Å². The summed E-state index contributed by atoms with van der Waals surface area (Å²) >= 11 is 0. The molecular formula is C20H31N3O5S. The number of nitrogens with zero attached hydrogens (tertiary/aromatic N) is 2. The van der Waals surface area contributed by atoms with E-state index in [1.807, 2.05) is 6.92 Å². The zero-order valence-corrected chi connectivity index (χ0v) is 17.7. The van der Waals surface area contributed by atoms with Gasteiger partial charge in [-0.2, -0.15) is 0 Å². The minimum absolute atomic E-state index is 0.0863. The van der Waals surface area contributed by atoms with Gasteiger partial charge < -0.3 is 14.7 Å². The number of nitrogens with one attached hydrogen (secondary N) is 1. The fourth-order valence-corrected chi connectivity index (χ4v) is 4.97. The highest BCUT2D eigenvalue weighted by Crippen LogP contribution is 2.17. The Morgan fingerprint density at radius 1 is 1.31 bits per heavy atom. The van der Waals surface area contributed by atoms with E-state index in [4.69, 9.17) is 4.74 Å². The second kappa shape index (κ2) is 9.99. The van der Waals surface area contributed by atoms with Crippen LogP contribution in [0.3, 0.4) is 0 Å². The maximum Gasteiger partial charge on any atom is 0.253 e. The van der Waals surface area contributed by atoms with E-state index in [-0.39, 0.29) is 36.1 Å².